The van der Waals surface area contributed by atoms with Crippen molar-refractivity contribution in [3.63, 3.8) is 0 Å². The fourth-order valence-electron chi connectivity index (χ4n) is 6.11. The molecule has 1 aliphatic carbocycles. The molecule has 6 rings (SSSR count). The van der Waals surface area contributed by atoms with E-state index in [0.29, 0.717) is 45.1 Å². The highest BCUT2D eigenvalue weighted by Crippen LogP contribution is 2.56. The van der Waals surface area contributed by atoms with Gasteiger partial charge in [-0.2, -0.15) is 0 Å². The van der Waals surface area contributed by atoms with E-state index in [0.717, 1.165) is 43.0 Å². The van der Waals surface area contributed by atoms with Crippen LogP contribution in [0.15, 0.2) is 4.42 Å². The van der Waals surface area contributed by atoms with Crippen LogP contribution < -0.4 is 5.73 Å². The second-order valence-corrected chi connectivity index (χ2v) is 9.37. The van der Waals surface area contributed by atoms with Gasteiger partial charge >= 0.3 is 0 Å². The van der Waals surface area contributed by atoms with Crippen LogP contribution in [0.25, 0.3) is 0 Å². The molecule has 4 fully saturated rings. The normalized spacial score (nSPS) is 34.6. The molecule has 4 aliphatic heterocycles. The maximum Gasteiger partial charge on any atom is 0.229 e. The quantitative estimate of drug-likeness (QED) is 0.761. The molecule has 2 N–H and O–H groups in total. The van der Waals surface area contributed by atoms with Crippen molar-refractivity contribution in [1.29, 1.82) is 0 Å². The van der Waals surface area contributed by atoms with Crippen molar-refractivity contribution >= 4 is 24.2 Å². The van der Waals surface area contributed by atoms with Gasteiger partial charge < -0.3 is 24.7 Å². The summed E-state index contributed by atoms with van der Waals surface area (Å²) < 4.78 is 12.3. The number of aromatic nitrogens is 1. The maximum absolute atomic E-state index is 13.5. The number of fused-ring (bicyclic) bond motifs is 2. The number of oxazole rings is 1. The number of hydrogen-bond donors (Lipinski definition) is 1. The van der Waals surface area contributed by atoms with Crippen LogP contribution in [0.1, 0.15) is 55.4 Å². The largest absolute Gasteiger partial charge is 0.445 e. The van der Waals surface area contributed by atoms with Gasteiger partial charge in [-0.1, -0.05) is 6.42 Å². The van der Waals surface area contributed by atoms with Crippen LogP contribution >= 0.6 is 12.4 Å². The van der Waals surface area contributed by atoms with Gasteiger partial charge in [0.25, 0.3) is 0 Å². The molecular formula is C21H29ClN4O4. The second-order valence-electron chi connectivity index (χ2n) is 9.37. The fourth-order valence-corrected chi connectivity index (χ4v) is 6.11. The molecule has 5 heterocycles. The first-order valence-electron chi connectivity index (χ1n) is 11.0. The number of nitrogens with zero attached hydrogens (tertiary/aromatic N) is 3. The van der Waals surface area contributed by atoms with Crippen LogP contribution in [0.2, 0.25) is 0 Å². The lowest BCUT2D eigenvalue weighted by atomic mass is 9.72. The van der Waals surface area contributed by atoms with Crippen LogP contribution in [-0.4, -0.2) is 64.5 Å². The van der Waals surface area contributed by atoms with Gasteiger partial charge in [-0.05, 0) is 25.7 Å². The SMILES string of the molecule is Cl.NCCN1C[C@]23CC[C@H](O2)[C@H](C(=O)N2CCc4oc(C5CCC5)nc4C2)[C@@H]3C1=O. The van der Waals surface area contributed by atoms with Crippen LogP contribution in [0, 0.1) is 11.8 Å². The van der Waals surface area contributed by atoms with Gasteiger partial charge in [-0.25, -0.2) is 4.98 Å². The summed E-state index contributed by atoms with van der Waals surface area (Å²) in [5.74, 6) is 1.59. The van der Waals surface area contributed by atoms with Crippen molar-refractivity contribution in [2.45, 2.75) is 62.7 Å². The number of nitrogens with two attached hydrogens (primary N) is 1. The molecule has 0 aromatic carbocycles. The Morgan fingerprint density at radius 1 is 1.30 bits per heavy atom. The zero-order valence-corrected chi connectivity index (χ0v) is 17.9. The van der Waals surface area contributed by atoms with Crippen LogP contribution in [0.3, 0.4) is 0 Å². The monoisotopic (exact) mass is 436 g/mol. The highest BCUT2D eigenvalue weighted by Gasteiger charge is 2.69. The predicted molar refractivity (Wildman–Crippen MR) is 109 cm³/mol. The van der Waals surface area contributed by atoms with E-state index < -0.39 is 5.60 Å². The first-order valence-corrected chi connectivity index (χ1v) is 11.0. The fraction of sp³-hybridized carbons (Fsp3) is 0.762. The standard InChI is InChI=1S/C21H28N4O4.ClH/c22-7-9-25-11-21-6-4-15(29-21)16(17(21)20(25)27)19(26)24-8-5-14-13(10-24)23-18(28-14)12-2-1-3-12;/h12,15-17H,1-11,22H2;1H/t15-,16-,17+,21-;/m0./s1. The molecule has 3 saturated heterocycles. The van der Waals surface area contributed by atoms with Crippen molar-refractivity contribution in [2.75, 3.05) is 26.2 Å². The van der Waals surface area contributed by atoms with Crippen LogP contribution in [0.5, 0.6) is 0 Å². The van der Waals surface area contributed by atoms with E-state index >= 15 is 0 Å². The van der Waals surface area contributed by atoms with Crippen LogP contribution in [0.4, 0.5) is 0 Å². The number of carbonyl (C=O) groups excluding carboxylic acids is 2. The predicted octanol–water partition coefficient (Wildman–Crippen LogP) is 1.21. The maximum atomic E-state index is 13.5. The van der Waals surface area contributed by atoms with E-state index in [2.05, 4.69) is 0 Å². The van der Waals surface area contributed by atoms with Crippen LogP contribution in [-0.2, 0) is 27.3 Å². The minimum atomic E-state index is -0.483. The smallest absolute Gasteiger partial charge is 0.229 e. The van der Waals surface area contributed by atoms with Gasteiger partial charge in [0, 0.05) is 32.0 Å². The Balaban J connectivity index is 0.00000193. The number of likely N-dealkylation sites (tertiary alicyclic amines) is 1. The Hall–Kier alpha value is -1.64. The van der Waals surface area contributed by atoms with E-state index in [-0.39, 0.29) is 42.2 Å². The van der Waals surface area contributed by atoms with E-state index in [4.69, 9.17) is 19.9 Å². The Morgan fingerprint density at radius 3 is 2.87 bits per heavy atom. The number of amides is 2. The van der Waals surface area contributed by atoms with E-state index in [1.165, 1.54) is 6.42 Å². The van der Waals surface area contributed by atoms with Gasteiger partial charge in [0.2, 0.25) is 11.8 Å². The van der Waals surface area contributed by atoms with Crippen molar-refractivity contribution in [3.05, 3.63) is 17.3 Å². The summed E-state index contributed by atoms with van der Waals surface area (Å²) in [7, 11) is 0. The number of halogens is 1. The molecule has 2 bridgehead atoms. The number of ether oxygens (including phenoxy) is 1. The topological polar surface area (TPSA) is 102 Å². The average Bonchev–Trinajstić information content (AvgIpc) is 3.39. The summed E-state index contributed by atoms with van der Waals surface area (Å²) in [6.07, 6.45) is 5.80. The summed E-state index contributed by atoms with van der Waals surface area (Å²) >= 11 is 0. The molecule has 1 aromatic heterocycles. The Labute approximate surface area is 181 Å². The van der Waals surface area contributed by atoms with Gasteiger partial charge in [0.15, 0.2) is 5.89 Å². The zero-order chi connectivity index (χ0) is 19.8. The van der Waals surface area contributed by atoms with Crippen molar-refractivity contribution in [3.8, 4) is 0 Å². The third kappa shape index (κ3) is 2.76. The highest BCUT2D eigenvalue weighted by atomic mass is 35.5. The molecule has 164 valence electrons. The average molecular weight is 437 g/mol. The molecule has 0 unspecified atom stereocenters. The molecule has 1 spiro atoms. The summed E-state index contributed by atoms with van der Waals surface area (Å²) in [6, 6.07) is 0. The molecule has 1 aromatic rings. The third-order valence-electron chi connectivity index (χ3n) is 7.80. The molecular weight excluding hydrogens is 408 g/mol. The van der Waals surface area contributed by atoms with E-state index in [9.17, 15) is 9.59 Å². The minimum Gasteiger partial charge on any atom is -0.445 e. The molecule has 2 amide bonds. The first-order chi connectivity index (χ1) is 14.1. The summed E-state index contributed by atoms with van der Waals surface area (Å²) in [6.45, 7) is 2.64. The first kappa shape index (κ1) is 20.3. The van der Waals surface area contributed by atoms with Crippen molar-refractivity contribution < 1.29 is 18.7 Å². The highest BCUT2D eigenvalue weighted by molar-refractivity contribution is 5.92. The Bertz CT molecular complexity index is 871. The number of rotatable bonds is 4. The Kier molecular flexibility index (Phi) is 4.87. The molecule has 8 nitrogen and oxygen atoms in total. The lowest BCUT2D eigenvalue weighted by Crippen LogP contribution is -2.48. The lowest BCUT2D eigenvalue weighted by molar-refractivity contribution is -0.145. The zero-order valence-electron chi connectivity index (χ0n) is 17.0. The van der Waals surface area contributed by atoms with E-state index in [1.807, 2.05) is 4.90 Å². The van der Waals surface area contributed by atoms with Gasteiger partial charge in [-0.15, -0.1) is 12.4 Å². The molecule has 1 saturated carbocycles. The molecule has 9 heteroatoms. The van der Waals surface area contributed by atoms with Crippen molar-refractivity contribution in [1.82, 2.24) is 14.8 Å². The number of hydrogen-bond acceptors (Lipinski definition) is 6. The van der Waals surface area contributed by atoms with Gasteiger partial charge in [-0.3, -0.25) is 9.59 Å². The van der Waals surface area contributed by atoms with E-state index in [1.54, 1.807) is 4.90 Å². The summed E-state index contributed by atoms with van der Waals surface area (Å²) in [5, 5.41) is 0. The summed E-state index contributed by atoms with van der Waals surface area (Å²) in [4.78, 5) is 35.0. The number of carbonyl (C=O) groups is 2. The minimum absolute atomic E-state index is 0. The second kappa shape index (κ2) is 7.21. The lowest BCUT2D eigenvalue weighted by Gasteiger charge is -2.33. The third-order valence-corrected chi connectivity index (χ3v) is 7.80. The summed E-state index contributed by atoms with van der Waals surface area (Å²) in [5.41, 5.74) is 6.10. The van der Waals surface area contributed by atoms with Gasteiger partial charge in [0.1, 0.15) is 11.5 Å². The van der Waals surface area contributed by atoms with Crippen molar-refractivity contribution in [2.24, 2.45) is 17.6 Å². The molecule has 0 radical (unpaired) electrons. The molecule has 30 heavy (non-hydrogen) atoms. The Morgan fingerprint density at radius 2 is 2.13 bits per heavy atom. The van der Waals surface area contributed by atoms with Gasteiger partial charge in [0.05, 0.1) is 36.6 Å². The molecule has 5 aliphatic rings. The molecule has 4 atom stereocenters.